The summed E-state index contributed by atoms with van der Waals surface area (Å²) in [6.07, 6.45) is 3.92. The fourth-order valence-electron chi connectivity index (χ4n) is 3.18. The number of hydrogen-bond acceptors (Lipinski definition) is 6. The van der Waals surface area contributed by atoms with Crippen molar-refractivity contribution in [3.63, 3.8) is 0 Å². The first-order chi connectivity index (χ1) is 11.6. The van der Waals surface area contributed by atoms with Crippen LogP contribution in [-0.2, 0) is 14.3 Å². The van der Waals surface area contributed by atoms with Gasteiger partial charge in [-0.1, -0.05) is 18.0 Å². The molecule has 1 saturated carbocycles. The van der Waals surface area contributed by atoms with Crippen molar-refractivity contribution in [1.82, 2.24) is 15.4 Å². The number of rotatable bonds is 5. The number of aryl methyl sites for hydroxylation is 1. The van der Waals surface area contributed by atoms with E-state index in [0.717, 1.165) is 12.8 Å². The Balaban J connectivity index is 1.45. The molecule has 1 aliphatic carbocycles. The highest BCUT2D eigenvalue weighted by Crippen LogP contribution is 2.18. The summed E-state index contributed by atoms with van der Waals surface area (Å²) in [6, 6.07) is 1.94. The maximum absolute atomic E-state index is 12.3. The van der Waals surface area contributed by atoms with Crippen molar-refractivity contribution in [3.05, 3.63) is 11.8 Å². The van der Waals surface area contributed by atoms with E-state index in [0.29, 0.717) is 31.3 Å². The van der Waals surface area contributed by atoms with Crippen molar-refractivity contribution in [1.29, 1.82) is 0 Å². The van der Waals surface area contributed by atoms with Gasteiger partial charge in [0.1, 0.15) is 11.9 Å². The molecule has 1 saturated heterocycles. The van der Waals surface area contributed by atoms with Crippen molar-refractivity contribution >= 4 is 17.6 Å². The Morgan fingerprint density at radius 1 is 1.38 bits per heavy atom. The lowest BCUT2D eigenvalue weighted by Crippen LogP contribution is -2.52. The molecular weight excluding hydrogens is 312 g/mol. The Kier molecular flexibility index (Phi) is 5.47. The number of hydrogen-bond donors (Lipinski definition) is 2. The van der Waals surface area contributed by atoms with E-state index in [1.54, 1.807) is 13.0 Å². The van der Waals surface area contributed by atoms with Crippen LogP contribution >= 0.6 is 0 Å². The van der Waals surface area contributed by atoms with Crippen LogP contribution in [0.3, 0.4) is 0 Å². The molecule has 0 radical (unpaired) electrons. The molecule has 0 spiro atoms. The fourth-order valence-corrected chi connectivity index (χ4v) is 3.18. The maximum Gasteiger partial charge on any atom is 0.250 e. The minimum Gasteiger partial charge on any atom is -0.366 e. The van der Waals surface area contributed by atoms with Gasteiger partial charge in [-0.05, 0) is 19.8 Å². The number of nitrogens with zero attached hydrogens (tertiary/aromatic N) is 2. The first kappa shape index (κ1) is 16.9. The molecule has 8 nitrogen and oxygen atoms in total. The number of nitrogens with one attached hydrogen (secondary N) is 2. The summed E-state index contributed by atoms with van der Waals surface area (Å²) in [5.41, 5.74) is 0. The van der Waals surface area contributed by atoms with Crippen LogP contribution in [0.1, 0.15) is 31.4 Å². The summed E-state index contributed by atoms with van der Waals surface area (Å²) in [5, 5.41) is 9.47. The molecule has 1 aromatic heterocycles. The number of aromatic nitrogens is 1. The fraction of sp³-hybridized carbons (Fsp3) is 0.688. The van der Waals surface area contributed by atoms with E-state index in [9.17, 15) is 9.59 Å². The number of carbonyl (C=O) groups is 2. The predicted molar refractivity (Wildman–Crippen MR) is 86.4 cm³/mol. The molecule has 1 aromatic rings. The van der Waals surface area contributed by atoms with Crippen LogP contribution in [0.25, 0.3) is 0 Å². The van der Waals surface area contributed by atoms with Crippen LogP contribution < -0.4 is 10.6 Å². The van der Waals surface area contributed by atoms with Crippen LogP contribution in [0.5, 0.6) is 0 Å². The second-order valence-corrected chi connectivity index (χ2v) is 6.46. The summed E-state index contributed by atoms with van der Waals surface area (Å²) in [4.78, 5) is 26.3. The van der Waals surface area contributed by atoms with Gasteiger partial charge >= 0.3 is 0 Å². The summed E-state index contributed by atoms with van der Waals surface area (Å²) < 4.78 is 10.5. The molecular formula is C16H24N4O4. The molecule has 8 heteroatoms. The van der Waals surface area contributed by atoms with Crippen molar-refractivity contribution in [3.8, 4) is 0 Å². The van der Waals surface area contributed by atoms with Crippen molar-refractivity contribution in [2.24, 2.45) is 0 Å². The van der Waals surface area contributed by atoms with E-state index < -0.39 is 6.10 Å². The first-order valence-electron chi connectivity index (χ1n) is 8.47. The Bertz CT molecular complexity index is 582. The summed E-state index contributed by atoms with van der Waals surface area (Å²) in [7, 11) is 0. The monoisotopic (exact) mass is 336 g/mol. The van der Waals surface area contributed by atoms with E-state index in [1.807, 2.05) is 4.90 Å². The SMILES string of the molecule is Cc1cc(NC(=O)CN2CCO[C@@H](C(=O)NC3CCCC3)C2)no1. The lowest BCUT2D eigenvalue weighted by molar-refractivity contribution is -0.140. The second kappa shape index (κ2) is 7.76. The normalized spacial score (nSPS) is 22.5. The molecule has 2 amide bonds. The van der Waals surface area contributed by atoms with E-state index >= 15 is 0 Å². The maximum atomic E-state index is 12.3. The third kappa shape index (κ3) is 4.55. The zero-order valence-corrected chi connectivity index (χ0v) is 13.9. The van der Waals surface area contributed by atoms with Crippen LogP contribution in [-0.4, -0.2) is 60.3 Å². The second-order valence-electron chi connectivity index (χ2n) is 6.46. The highest BCUT2D eigenvalue weighted by Gasteiger charge is 2.29. The van der Waals surface area contributed by atoms with Gasteiger partial charge in [0, 0.05) is 25.2 Å². The molecule has 2 aliphatic rings. The molecule has 0 unspecified atom stereocenters. The molecule has 0 bridgehead atoms. The first-order valence-corrected chi connectivity index (χ1v) is 8.47. The Hall–Kier alpha value is -1.93. The molecule has 2 heterocycles. The van der Waals surface area contributed by atoms with Gasteiger partial charge in [0.2, 0.25) is 5.91 Å². The van der Waals surface area contributed by atoms with Crippen molar-refractivity contribution in [2.45, 2.75) is 44.8 Å². The van der Waals surface area contributed by atoms with Crippen LogP contribution in [0.15, 0.2) is 10.6 Å². The highest BCUT2D eigenvalue weighted by molar-refractivity contribution is 5.91. The molecule has 1 aliphatic heterocycles. The summed E-state index contributed by atoms with van der Waals surface area (Å²) >= 11 is 0. The number of ether oxygens (including phenoxy) is 1. The Morgan fingerprint density at radius 2 is 2.17 bits per heavy atom. The standard InChI is InChI=1S/C16H24N4O4/c1-11-8-14(19-24-11)18-15(21)10-20-6-7-23-13(9-20)16(22)17-12-4-2-3-5-12/h8,12-13H,2-7,9-10H2,1H3,(H,17,22)(H,18,19,21)/t13-/m1/s1. The molecule has 2 N–H and O–H groups in total. The Labute approximate surface area is 140 Å². The number of carbonyl (C=O) groups excluding carboxylic acids is 2. The Morgan fingerprint density at radius 3 is 2.88 bits per heavy atom. The van der Waals surface area contributed by atoms with Gasteiger partial charge in [0.05, 0.1) is 13.2 Å². The number of anilines is 1. The van der Waals surface area contributed by atoms with E-state index in [2.05, 4.69) is 15.8 Å². The average Bonchev–Trinajstić information content (AvgIpc) is 3.19. The average molecular weight is 336 g/mol. The van der Waals surface area contributed by atoms with Crippen molar-refractivity contribution in [2.75, 3.05) is 31.6 Å². The quantitative estimate of drug-likeness (QED) is 0.821. The zero-order valence-electron chi connectivity index (χ0n) is 13.9. The van der Waals surface area contributed by atoms with Crippen LogP contribution in [0, 0.1) is 6.92 Å². The molecule has 1 atom stereocenters. The van der Waals surface area contributed by atoms with Gasteiger partial charge in [0.25, 0.3) is 5.91 Å². The van der Waals surface area contributed by atoms with E-state index in [-0.39, 0.29) is 24.4 Å². The van der Waals surface area contributed by atoms with Crippen molar-refractivity contribution < 1.29 is 18.8 Å². The van der Waals surface area contributed by atoms with Gasteiger partial charge in [-0.25, -0.2) is 0 Å². The van der Waals surface area contributed by atoms with Gasteiger partial charge in [-0.3, -0.25) is 14.5 Å². The molecule has 3 rings (SSSR count). The highest BCUT2D eigenvalue weighted by atomic mass is 16.5. The molecule has 2 fully saturated rings. The van der Waals surface area contributed by atoms with Gasteiger partial charge in [-0.2, -0.15) is 0 Å². The van der Waals surface area contributed by atoms with Gasteiger partial charge in [-0.15, -0.1) is 0 Å². The predicted octanol–water partition coefficient (Wildman–Crippen LogP) is 0.681. The number of morpholine rings is 1. The van der Waals surface area contributed by atoms with Gasteiger partial charge < -0.3 is 19.9 Å². The minimum absolute atomic E-state index is 0.0702. The lowest BCUT2D eigenvalue weighted by atomic mass is 10.2. The zero-order chi connectivity index (χ0) is 16.9. The largest absolute Gasteiger partial charge is 0.366 e. The summed E-state index contributed by atoms with van der Waals surface area (Å²) in [6.45, 7) is 3.45. The smallest absolute Gasteiger partial charge is 0.250 e. The summed E-state index contributed by atoms with van der Waals surface area (Å²) in [5.74, 6) is 0.792. The molecule has 0 aromatic carbocycles. The van der Waals surface area contributed by atoms with E-state index in [4.69, 9.17) is 9.26 Å². The minimum atomic E-state index is -0.513. The lowest BCUT2D eigenvalue weighted by Gasteiger charge is -2.32. The molecule has 24 heavy (non-hydrogen) atoms. The third-order valence-corrected chi connectivity index (χ3v) is 4.41. The molecule has 132 valence electrons. The topological polar surface area (TPSA) is 96.7 Å². The van der Waals surface area contributed by atoms with E-state index in [1.165, 1.54) is 12.8 Å². The van der Waals surface area contributed by atoms with Crippen LogP contribution in [0.2, 0.25) is 0 Å². The van der Waals surface area contributed by atoms with Crippen LogP contribution in [0.4, 0.5) is 5.82 Å². The van der Waals surface area contributed by atoms with Gasteiger partial charge in [0.15, 0.2) is 5.82 Å². The number of amides is 2. The third-order valence-electron chi connectivity index (χ3n) is 4.41.